The van der Waals surface area contributed by atoms with Crippen LogP contribution in [-0.2, 0) is 13.6 Å². The average molecular weight is 346 g/mol. The quantitative estimate of drug-likeness (QED) is 0.470. The number of aliphatic hydroxyl groups is 1. The standard InChI is InChI=1S/C10H13BrNO5P.Li.H/c1-15-10-8(4-7(11)5-12-10)9(13)6-18(14,16-2)17-3;;/h4-6,13H,1-3H3;;/q;+1;-1/b9-6-;;. The Morgan fingerprint density at radius 3 is 2.53 bits per heavy atom. The minimum absolute atomic E-state index is 0. The summed E-state index contributed by atoms with van der Waals surface area (Å²) in [6, 6.07) is 1.58. The molecule has 6 nitrogen and oxygen atoms in total. The molecule has 1 aromatic rings. The number of hydrogen-bond donors (Lipinski definition) is 1. The van der Waals surface area contributed by atoms with Gasteiger partial charge in [-0.15, -0.1) is 0 Å². The third-order valence-corrected chi connectivity index (χ3v) is 4.09. The van der Waals surface area contributed by atoms with Crippen LogP contribution in [0.4, 0.5) is 0 Å². The van der Waals surface area contributed by atoms with Gasteiger partial charge < -0.3 is 20.3 Å². The summed E-state index contributed by atoms with van der Waals surface area (Å²) in [5.74, 6) is 0.900. The van der Waals surface area contributed by atoms with Gasteiger partial charge in [-0.1, -0.05) is 0 Å². The second kappa shape index (κ2) is 8.10. The Morgan fingerprint density at radius 2 is 2.05 bits per heavy atom. The molecule has 0 fully saturated rings. The van der Waals surface area contributed by atoms with Crippen LogP contribution in [0.3, 0.4) is 0 Å². The van der Waals surface area contributed by atoms with Gasteiger partial charge in [-0.25, -0.2) is 4.98 Å². The third-order valence-electron chi connectivity index (χ3n) is 2.08. The molecule has 0 radical (unpaired) electrons. The van der Waals surface area contributed by atoms with E-state index in [-0.39, 0.29) is 37.5 Å². The maximum Gasteiger partial charge on any atom is 1.00 e. The average Bonchev–Trinajstić information content (AvgIpc) is 2.38. The fourth-order valence-electron chi connectivity index (χ4n) is 1.17. The summed E-state index contributed by atoms with van der Waals surface area (Å²) in [6.07, 6.45) is 1.52. The van der Waals surface area contributed by atoms with Crippen LogP contribution < -0.4 is 23.6 Å². The largest absolute Gasteiger partial charge is 1.00 e. The molecule has 1 rings (SSSR count). The van der Waals surface area contributed by atoms with Crippen LogP contribution in [0.2, 0.25) is 0 Å². The number of methoxy groups -OCH3 is 1. The molecule has 0 aromatic carbocycles. The topological polar surface area (TPSA) is 77.9 Å². The first-order chi connectivity index (χ1) is 8.45. The van der Waals surface area contributed by atoms with Gasteiger partial charge in [0.1, 0.15) is 5.76 Å². The summed E-state index contributed by atoms with van der Waals surface area (Å²) in [6.45, 7) is 0. The molecule has 0 aliphatic heterocycles. The minimum Gasteiger partial charge on any atom is -1.00 e. The maximum atomic E-state index is 11.9. The van der Waals surface area contributed by atoms with E-state index in [9.17, 15) is 9.67 Å². The zero-order valence-electron chi connectivity index (χ0n) is 12.1. The Morgan fingerprint density at radius 1 is 1.47 bits per heavy atom. The molecule has 1 N–H and O–H groups in total. The van der Waals surface area contributed by atoms with E-state index in [0.717, 1.165) is 5.82 Å². The minimum atomic E-state index is -3.46. The van der Waals surface area contributed by atoms with Gasteiger partial charge in [0, 0.05) is 24.9 Å². The predicted octanol–water partition coefficient (Wildman–Crippen LogP) is 0.311. The Hall–Kier alpha value is -0.283. The van der Waals surface area contributed by atoms with Crippen molar-refractivity contribution in [1.29, 1.82) is 0 Å². The Labute approximate surface area is 133 Å². The van der Waals surface area contributed by atoms with Crippen molar-refractivity contribution in [3.8, 4) is 5.88 Å². The maximum absolute atomic E-state index is 11.9. The number of nitrogens with zero attached hydrogens (tertiary/aromatic N) is 1. The SMILES string of the molecule is COc1ncc(Br)cc1/C(O)=C/P(=O)(OC)OC.[H-].[Li+]. The molecular weight excluding hydrogens is 332 g/mol. The monoisotopic (exact) mass is 345 g/mol. The van der Waals surface area contributed by atoms with Crippen LogP contribution in [0.5, 0.6) is 5.88 Å². The summed E-state index contributed by atoms with van der Waals surface area (Å²) in [5.41, 5.74) is 0.279. The van der Waals surface area contributed by atoms with Gasteiger partial charge in [0.15, 0.2) is 0 Å². The van der Waals surface area contributed by atoms with Gasteiger partial charge in [-0.05, 0) is 22.0 Å². The first-order valence-electron chi connectivity index (χ1n) is 4.78. The number of rotatable bonds is 5. The molecule has 9 heteroatoms. The van der Waals surface area contributed by atoms with Crippen LogP contribution in [0.15, 0.2) is 22.6 Å². The van der Waals surface area contributed by atoms with E-state index in [1.807, 2.05) is 0 Å². The fraction of sp³-hybridized carbons (Fsp3) is 0.300. The van der Waals surface area contributed by atoms with E-state index in [0.29, 0.717) is 4.47 Å². The van der Waals surface area contributed by atoms with Gasteiger partial charge in [0.2, 0.25) is 5.88 Å². The second-order valence-corrected chi connectivity index (χ2v) is 6.11. The first kappa shape index (κ1) is 18.7. The van der Waals surface area contributed by atoms with E-state index in [1.54, 1.807) is 6.07 Å². The predicted molar refractivity (Wildman–Crippen MR) is 71.8 cm³/mol. The van der Waals surface area contributed by atoms with E-state index >= 15 is 0 Å². The summed E-state index contributed by atoms with van der Waals surface area (Å²) in [4.78, 5) is 3.96. The van der Waals surface area contributed by atoms with Crippen molar-refractivity contribution in [2.75, 3.05) is 21.3 Å². The van der Waals surface area contributed by atoms with E-state index in [2.05, 4.69) is 20.9 Å². The number of pyridine rings is 1. The Balaban J connectivity index is 0. The van der Waals surface area contributed by atoms with E-state index < -0.39 is 7.60 Å². The molecule has 0 saturated heterocycles. The molecule has 0 saturated carbocycles. The molecule has 0 bridgehead atoms. The van der Waals surface area contributed by atoms with E-state index in [1.165, 1.54) is 27.5 Å². The molecule has 0 aliphatic carbocycles. The first-order valence-corrected chi connectivity index (χ1v) is 7.19. The van der Waals surface area contributed by atoms with Gasteiger partial charge >= 0.3 is 26.5 Å². The molecule has 1 heterocycles. The van der Waals surface area contributed by atoms with Crippen LogP contribution in [0.25, 0.3) is 5.76 Å². The molecule has 0 unspecified atom stereocenters. The molecule has 102 valence electrons. The smallest absolute Gasteiger partial charge is 1.00 e. The van der Waals surface area contributed by atoms with E-state index in [4.69, 9.17) is 13.8 Å². The van der Waals surface area contributed by atoms with Gasteiger partial charge in [0.05, 0.1) is 18.5 Å². The zero-order chi connectivity index (χ0) is 13.8. The molecule has 0 atom stereocenters. The van der Waals surface area contributed by atoms with Crippen LogP contribution in [0, 0.1) is 0 Å². The van der Waals surface area contributed by atoms with Crippen molar-refractivity contribution >= 4 is 29.3 Å². The van der Waals surface area contributed by atoms with Crippen molar-refractivity contribution in [3.05, 3.63) is 28.1 Å². The molecule has 19 heavy (non-hydrogen) atoms. The molecule has 0 amide bonds. The van der Waals surface area contributed by atoms with Crippen LogP contribution >= 0.6 is 23.5 Å². The molecule has 0 spiro atoms. The number of ether oxygens (including phenoxy) is 1. The molecule has 0 aliphatic rings. The summed E-state index contributed by atoms with van der Waals surface area (Å²) >= 11 is 3.22. The summed E-state index contributed by atoms with van der Waals surface area (Å²) in [7, 11) is 0.410. The number of aliphatic hydroxyl groups excluding tert-OH is 1. The second-order valence-electron chi connectivity index (χ2n) is 3.13. The normalized spacial score (nSPS) is 11.9. The van der Waals surface area contributed by atoms with Crippen molar-refractivity contribution in [3.63, 3.8) is 0 Å². The summed E-state index contributed by atoms with van der Waals surface area (Å²) < 4.78 is 26.9. The Kier molecular flexibility index (Phi) is 7.98. The number of halogens is 1. The number of aromatic nitrogens is 1. The fourth-order valence-corrected chi connectivity index (χ4v) is 2.30. The van der Waals surface area contributed by atoms with Crippen LogP contribution in [0.1, 0.15) is 6.99 Å². The third kappa shape index (κ3) is 4.96. The van der Waals surface area contributed by atoms with Crippen molar-refractivity contribution in [1.82, 2.24) is 4.98 Å². The van der Waals surface area contributed by atoms with Crippen molar-refractivity contribution < 1.29 is 43.7 Å². The van der Waals surface area contributed by atoms with Crippen LogP contribution in [-0.4, -0.2) is 31.4 Å². The number of hydrogen-bond acceptors (Lipinski definition) is 6. The Bertz CT molecular complexity index is 508. The summed E-state index contributed by atoms with van der Waals surface area (Å²) in [5, 5.41) is 9.94. The zero-order valence-corrected chi connectivity index (χ0v) is 13.6. The van der Waals surface area contributed by atoms with Gasteiger partial charge in [-0.2, -0.15) is 0 Å². The van der Waals surface area contributed by atoms with Gasteiger partial charge in [-0.3, -0.25) is 4.57 Å². The molecular formula is C10H14BrLiNO5P. The van der Waals surface area contributed by atoms with Crippen molar-refractivity contribution in [2.45, 2.75) is 0 Å². The molecule has 1 aromatic heterocycles. The van der Waals surface area contributed by atoms with Gasteiger partial charge in [0.25, 0.3) is 0 Å². The van der Waals surface area contributed by atoms with Crippen molar-refractivity contribution in [2.24, 2.45) is 0 Å².